The first-order valence-electron chi connectivity index (χ1n) is 7.84. The Morgan fingerprint density at radius 3 is 2.50 bits per heavy atom. The standard InChI is InChI=1S/C18H20N2O2/c1-2-7-18-17(6-1)20(10-13-22-18)16-5-3-4-15(14-16)19-8-11-21-12-9-19/h1-7,14H,8-13H2. The first-order valence-corrected chi connectivity index (χ1v) is 7.84. The highest BCUT2D eigenvalue weighted by Crippen LogP contribution is 2.37. The van der Waals surface area contributed by atoms with Gasteiger partial charge in [-0.2, -0.15) is 0 Å². The number of hydrogen-bond donors (Lipinski definition) is 0. The quantitative estimate of drug-likeness (QED) is 0.850. The van der Waals surface area contributed by atoms with Crippen LogP contribution in [0.1, 0.15) is 0 Å². The molecule has 0 radical (unpaired) electrons. The molecule has 2 aliphatic heterocycles. The molecule has 4 nitrogen and oxygen atoms in total. The van der Waals surface area contributed by atoms with Crippen molar-refractivity contribution in [1.82, 2.24) is 0 Å². The zero-order chi connectivity index (χ0) is 14.8. The van der Waals surface area contributed by atoms with Gasteiger partial charge in [-0.05, 0) is 30.3 Å². The van der Waals surface area contributed by atoms with Crippen LogP contribution in [0.15, 0.2) is 48.5 Å². The van der Waals surface area contributed by atoms with Gasteiger partial charge in [-0.15, -0.1) is 0 Å². The van der Waals surface area contributed by atoms with E-state index in [4.69, 9.17) is 9.47 Å². The Morgan fingerprint density at radius 2 is 1.59 bits per heavy atom. The molecule has 0 bridgehead atoms. The number of nitrogens with zero attached hydrogens (tertiary/aromatic N) is 2. The number of anilines is 3. The molecule has 0 saturated carbocycles. The molecular weight excluding hydrogens is 276 g/mol. The largest absolute Gasteiger partial charge is 0.490 e. The topological polar surface area (TPSA) is 24.9 Å². The summed E-state index contributed by atoms with van der Waals surface area (Å²) in [5.41, 5.74) is 3.64. The number of morpholine rings is 1. The van der Waals surface area contributed by atoms with Gasteiger partial charge in [-0.25, -0.2) is 0 Å². The highest BCUT2D eigenvalue weighted by Gasteiger charge is 2.20. The Labute approximate surface area is 130 Å². The maximum Gasteiger partial charge on any atom is 0.143 e. The average Bonchev–Trinajstić information content (AvgIpc) is 2.62. The van der Waals surface area contributed by atoms with E-state index in [0.29, 0.717) is 0 Å². The Kier molecular flexibility index (Phi) is 3.60. The van der Waals surface area contributed by atoms with Crippen LogP contribution < -0.4 is 14.5 Å². The van der Waals surface area contributed by atoms with E-state index in [1.807, 2.05) is 12.1 Å². The third-order valence-electron chi connectivity index (χ3n) is 4.25. The van der Waals surface area contributed by atoms with Crippen LogP contribution in [0.25, 0.3) is 0 Å². The van der Waals surface area contributed by atoms with Crippen LogP contribution in [-0.2, 0) is 4.74 Å². The van der Waals surface area contributed by atoms with E-state index in [0.717, 1.165) is 50.9 Å². The fraction of sp³-hybridized carbons (Fsp3) is 0.333. The Balaban J connectivity index is 1.66. The molecule has 0 atom stereocenters. The number of rotatable bonds is 2. The summed E-state index contributed by atoms with van der Waals surface area (Å²) in [7, 11) is 0. The van der Waals surface area contributed by atoms with Crippen LogP contribution >= 0.6 is 0 Å². The molecule has 2 aromatic rings. The highest BCUT2D eigenvalue weighted by molar-refractivity contribution is 5.72. The van der Waals surface area contributed by atoms with Crippen LogP contribution in [-0.4, -0.2) is 39.5 Å². The molecule has 0 N–H and O–H groups in total. The van der Waals surface area contributed by atoms with E-state index >= 15 is 0 Å². The van der Waals surface area contributed by atoms with Crippen molar-refractivity contribution in [2.45, 2.75) is 0 Å². The van der Waals surface area contributed by atoms with E-state index in [2.05, 4.69) is 46.2 Å². The Hall–Kier alpha value is -2.20. The smallest absolute Gasteiger partial charge is 0.143 e. The van der Waals surface area contributed by atoms with Crippen LogP contribution in [0.4, 0.5) is 17.1 Å². The minimum atomic E-state index is 0.721. The summed E-state index contributed by atoms with van der Waals surface area (Å²) in [6, 6.07) is 17.0. The molecular formula is C18H20N2O2. The van der Waals surface area contributed by atoms with Gasteiger partial charge in [0, 0.05) is 24.5 Å². The minimum absolute atomic E-state index is 0.721. The van der Waals surface area contributed by atoms with Crippen molar-refractivity contribution in [2.24, 2.45) is 0 Å². The van der Waals surface area contributed by atoms with Gasteiger partial charge in [0.2, 0.25) is 0 Å². The van der Waals surface area contributed by atoms with Crippen molar-refractivity contribution in [3.63, 3.8) is 0 Å². The molecule has 0 amide bonds. The summed E-state index contributed by atoms with van der Waals surface area (Å²) in [6.07, 6.45) is 0. The first-order chi connectivity index (χ1) is 10.9. The molecule has 0 spiro atoms. The van der Waals surface area contributed by atoms with Gasteiger partial charge in [0.15, 0.2) is 0 Å². The van der Waals surface area contributed by atoms with Crippen molar-refractivity contribution in [1.29, 1.82) is 0 Å². The number of fused-ring (bicyclic) bond motifs is 1. The van der Waals surface area contributed by atoms with Gasteiger partial charge >= 0.3 is 0 Å². The van der Waals surface area contributed by atoms with Crippen LogP contribution in [0, 0.1) is 0 Å². The van der Waals surface area contributed by atoms with E-state index in [-0.39, 0.29) is 0 Å². The fourth-order valence-corrected chi connectivity index (χ4v) is 3.12. The molecule has 2 aliphatic rings. The molecule has 114 valence electrons. The molecule has 0 unspecified atom stereocenters. The first kappa shape index (κ1) is 13.5. The predicted octanol–water partition coefficient (Wildman–Crippen LogP) is 3.05. The number of ether oxygens (including phenoxy) is 2. The Morgan fingerprint density at radius 1 is 0.773 bits per heavy atom. The third kappa shape index (κ3) is 2.50. The lowest BCUT2D eigenvalue weighted by Crippen LogP contribution is -2.36. The van der Waals surface area contributed by atoms with Gasteiger partial charge < -0.3 is 19.3 Å². The van der Waals surface area contributed by atoms with E-state index < -0.39 is 0 Å². The summed E-state index contributed by atoms with van der Waals surface area (Å²) in [5, 5.41) is 0. The molecule has 4 heteroatoms. The third-order valence-corrected chi connectivity index (χ3v) is 4.25. The van der Waals surface area contributed by atoms with E-state index in [1.54, 1.807) is 0 Å². The number of para-hydroxylation sites is 2. The lowest BCUT2D eigenvalue weighted by atomic mass is 10.1. The predicted molar refractivity (Wildman–Crippen MR) is 88.4 cm³/mol. The molecule has 2 aromatic carbocycles. The van der Waals surface area contributed by atoms with Crippen LogP contribution in [0.5, 0.6) is 5.75 Å². The van der Waals surface area contributed by atoms with Crippen molar-refractivity contribution in [2.75, 3.05) is 49.3 Å². The van der Waals surface area contributed by atoms with Crippen molar-refractivity contribution >= 4 is 17.1 Å². The minimum Gasteiger partial charge on any atom is -0.490 e. The normalized spacial score (nSPS) is 17.8. The zero-order valence-corrected chi connectivity index (χ0v) is 12.6. The number of hydrogen-bond acceptors (Lipinski definition) is 4. The monoisotopic (exact) mass is 296 g/mol. The van der Waals surface area contributed by atoms with Gasteiger partial charge in [0.25, 0.3) is 0 Å². The summed E-state index contributed by atoms with van der Waals surface area (Å²) < 4.78 is 11.2. The van der Waals surface area contributed by atoms with Crippen molar-refractivity contribution in [3.8, 4) is 5.75 Å². The molecule has 4 rings (SSSR count). The highest BCUT2D eigenvalue weighted by atomic mass is 16.5. The van der Waals surface area contributed by atoms with Gasteiger partial charge in [0.1, 0.15) is 12.4 Å². The van der Waals surface area contributed by atoms with E-state index in [9.17, 15) is 0 Å². The lowest BCUT2D eigenvalue weighted by molar-refractivity contribution is 0.122. The van der Waals surface area contributed by atoms with Crippen molar-refractivity contribution in [3.05, 3.63) is 48.5 Å². The second kappa shape index (κ2) is 5.89. The molecule has 1 fully saturated rings. The lowest BCUT2D eigenvalue weighted by Gasteiger charge is -2.33. The zero-order valence-electron chi connectivity index (χ0n) is 12.6. The van der Waals surface area contributed by atoms with Crippen LogP contribution in [0.3, 0.4) is 0 Å². The second-order valence-electron chi connectivity index (χ2n) is 5.59. The summed E-state index contributed by atoms with van der Waals surface area (Å²) in [5.74, 6) is 0.963. The van der Waals surface area contributed by atoms with Gasteiger partial charge in [-0.3, -0.25) is 0 Å². The van der Waals surface area contributed by atoms with Crippen LogP contribution in [0.2, 0.25) is 0 Å². The van der Waals surface area contributed by atoms with Gasteiger partial charge in [0.05, 0.1) is 25.4 Å². The maximum absolute atomic E-state index is 5.75. The fourth-order valence-electron chi connectivity index (χ4n) is 3.12. The average molecular weight is 296 g/mol. The molecule has 0 aliphatic carbocycles. The number of benzene rings is 2. The second-order valence-corrected chi connectivity index (χ2v) is 5.59. The molecule has 2 heterocycles. The Bertz CT molecular complexity index is 653. The van der Waals surface area contributed by atoms with Crippen molar-refractivity contribution < 1.29 is 9.47 Å². The summed E-state index contributed by atoms with van der Waals surface area (Å²) in [6.45, 7) is 5.14. The van der Waals surface area contributed by atoms with Gasteiger partial charge in [-0.1, -0.05) is 18.2 Å². The SMILES string of the molecule is c1cc(N2CCOCC2)cc(N2CCOc3ccccc32)c1. The summed E-state index contributed by atoms with van der Waals surface area (Å²) in [4.78, 5) is 4.72. The molecule has 22 heavy (non-hydrogen) atoms. The van der Waals surface area contributed by atoms with E-state index in [1.165, 1.54) is 11.4 Å². The molecule has 1 saturated heterocycles. The molecule has 0 aromatic heterocycles. The summed E-state index contributed by atoms with van der Waals surface area (Å²) >= 11 is 0. The maximum atomic E-state index is 5.75.